The summed E-state index contributed by atoms with van der Waals surface area (Å²) in [5.41, 5.74) is 2.11. The highest BCUT2D eigenvalue weighted by Gasteiger charge is 2.31. The van der Waals surface area contributed by atoms with E-state index < -0.39 is 0 Å². The van der Waals surface area contributed by atoms with Crippen LogP contribution in [0.25, 0.3) is 0 Å². The zero-order valence-corrected chi connectivity index (χ0v) is 13.7. The number of rotatable bonds is 5. The number of hydrogen-bond acceptors (Lipinski definition) is 3. The minimum atomic E-state index is -0.0908. The molecule has 0 saturated carbocycles. The average Bonchev–Trinajstić information content (AvgIpc) is 2.43. The molecule has 4 heteroatoms. The first kappa shape index (κ1) is 16.4. The van der Waals surface area contributed by atoms with E-state index in [0.29, 0.717) is 6.54 Å². The Balaban J connectivity index is 2.05. The Morgan fingerprint density at radius 3 is 2.71 bits per heavy atom. The van der Waals surface area contributed by atoms with Crippen LogP contribution in [0.2, 0.25) is 0 Å². The summed E-state index contributed by atoms with van der Waals surface area (Å²) in [6.45, 7) is 12.0. The standard InChI is InChI=1S/C17H28FN3/c1-5-19-11-14-6-7-16(18)15(10-14)12-21-9-8-20(4)17(2,3)13-21/h6-7,10,19H,5,8-9,11-13H2,1-4H3. The second kappa shape index (κ2) is 6.86. The molecule has 1 heterocycles. The van der Waals surface area contributed by atoms with Gasteiger partial charge in [0.1, 0.15) is 5.82 Å². The summed E-state index contributed by atoms with van der Waals surface area (Å²) in [5.74, 6) is -0.0908. The molecule has 1 N–H and O–H groups in total. The molecule has 0 bridgehead atoms. The molecule has 1 saturated heterocycles. The molecule has 1 aliphatic rings. The smallest absolute Gasteiger partial charge is 0.127 e. The molecule has 2 rings (SSSR count). The average molecular weight is 293 g/mol. The summed E-state index contributed by atoms with van der Waals surface area (Å²) < 4.78 is 14.1. The van der Waals surface area contributed by atoms with E-state index >= 15 is 0 Å². The molecule has 21 heavy (non-hydrogen) atoms. The topological polar surface area (TPSA) is 18.5 Å². The highest BCUT2D eigenvalue weighted by Crippen LogP contribution is 2.21. The van der Waals surface area contributed by atoms with Crippen molar-refractivity contribution in [1.29, 1.82) is 0 Å². The fourth-order valence-corrected chi connectivity index (χ4v) is 2.85. The lowest BCUT2D eigenvalue weighted by molar-refractivity contribution is 0.0355. The number of halogens is 1. The van der Waals surface area contributed by atoms with Crippen LogP contribution >= 0.6 is 0 Å². The lowest BCUT2D eigenvalue weighted by Crippen LogP contribution is -2.57. The molecule has 1 fully saturated rings. The second-order valence-electron chi connectivity index (χ2n) is 6.65. The van der Waals surface area contributed by atoms with Crippen LogP contribution in [0.1, 0.15) is 31.9 Å². The largest absolute Gasteiger partial charge is 0.313 e. The van der Waals surface area contributed by atoms with Crippen LogP contribution in [0.4, 0.5) is 4.39 Å². The monoisotopic (exact) mass is 293 g/mol. The van der Waals surface area contributed by atoms with Crippen LogP contribution in [0.3, 0.4) is 0 Å². The van der Waals surface area contributed by atoms with Gasteiger partial charge in [-0.1, -0.05) is 19.1 Å². The third-order valence-corrected chi connectivity index (χ3v) is 4.48. The zero-order valence-electron chi connectivity index (χ0n) is 13.7. The fraction of sp³-hybridized carbons (Fsp3) is 0.647. The highest BCUT2D eigenvalue weighted by molar-refractivity contribution is 5.25. The minimum absolute atomic E-state index is 0.0908. The first-order valence-electron chi connectivity index (χ1n) is 7.84. The molecule has 0 amide bonds. The fourth-order valence-electron chi connectivity index (χ4n) is 2.85. The Bertz CT molecular complexity index is 473. The van der Waals surface area contributed by atoms with Gasteiger partial charge in [0.2, 0.25) is 0 Å². The lowest BCUT2D eigenvalue weighted by atomic mass is 9.99. The summed E-state index contributed by atoms with van der Waals surface area (Å²) in [7, 11) is 2.16. The molecule has 1 aromatic carbocycles. The molecule has 3 nitrogen and oxygen atoms in total. The van der Waals surface area contributed by atoms with Crippen molar-refractivity contribution in [2.24, 2.45) is 0 Å². The number of likely N-dealkylation sites (N-methyl/N-ethyl adjacent to an activating group) is 1. The molecule has 0 aliphatic carbocycles. The van der Waals surface area contributed by atoms with Gasteiger partial charge >= 0.3 is 0 Å². The third kappa shape index (κ3) is 4.25. The summed E-state index contributed by atoms with van der Waals surface area (Å²) in [6.07, 6.45) is 0. The van der Waals surface area contributed by atoms with Gasteiger partial charge in [0.15, 0.2) is 0 Å². The predicted molar refractivity (Wildman–Crippen MR) is 85.8 cm³/mol. The van der Waals surface area contributed by atoms with Gasteiger partial charge in [-0.15, -0.1) is 0 Å². The van der Waals surface area contributed by atoms with Crippen LogP contribution in [0.15, 0.2) is 18.2 Å². The Morgan fingerprint density at radius 2 is 2.05 bits per heavy atom. The third-order valence-electron chi connectivity index (χ3n) is 4.48. The zero-order chi connectivity index (χ0) is 15.5. The maximum absolute atomic E-state index is 14.1. The Labute approximate surface area is 128 Å². The van der Waals surface area contributed by atoms with Crippen molar-refractivity contribution >= 4 is 0 Å². The van der Waals surface area contributed by atoms with Gasteiger partial charge in [0, 0.05) is 43.8 Å². The van der Waals surface area contributed by atoms with E-state index in [9.17, 15) is 4.39 Å². The van der Waals surface area contributed by atoms with Crippen LogP contribution < -0.4 is 5.32 Å². The SMILES string of the molecule is CCNCc1ccc(F)c(CN2CCN(C)C(C)(C)C2)c1. The van der Waals surface area contributed by atoms with E-state index in [1.165, 1.54) is 0 Å². The summed E-state index contributed by atoms with van der Waals surface area (Å²) in [6, 6.07) is 5.47. The van der Waals surface area contributed by atoms with Gasteiger partial charge in [-0.25, -0.2) is 4.39 Å². The van der Waals surface area contributed by atoms with Crippen LogP contribution in [0.5, 0.6) is 0 Å². The van der Waals surface area contributed by atoms with Crippen molar-refractivity contribution in [3.05, 3.63) is 35.1 Å². The first-order chi connectivity index (χ1) is 9.92. The van der Waals surface area contributed by atoms with E-state index in [0.717, 1.165) is 43.9 Å². The quantitative estimate of drug-likeness (QED) is 0.900. The van der Waals surface area contributed by atoms with Gasteiger partial charge in [0.05, 0.1) is 0 Å². The molecule has 0 radical (unpaired) electrons. The molecule has 0 atom stereocenters. The molecule has 1 aromatic rings. The number of nitrogens with one attached hydrogen (secondary N) is 1. The first-order valence-corrected chi connectivity index (χ1v) is 7.84. The second-order valence-corrected chi connectivity index (χ2v) is 6.65. The highest BCUT2D eigenvalue weighted by atomic mass is 19.1. The van der Waals surface area contributed by atoms with Crippen LogP contribution in [-0.2, 0) is 13.1 Å². The van der Waals surface area contributed by atoms with Crippen LogP contribution in [0, 0.1) is 5.82 Å². The molecular formula is C17H28FN3. The van der Waals surface area contributed by atoms with Crippen LogP contribution in [-0.4, -0.2) is 48.6 Å². The van der Waals surface area contributed by atoms with Gasteiger partial charge in [-0.2, -0.15) is 0 Å². The van der Waals surface area contributed by atoms with Gasteiger partial charge in [0.25, 0.3) is 0 Å². The molecule has 0 spiro atoms. The van der Waals surface area contributed by atoms with Crippen molar-refractivity contribution in [1.82, 2.24) is 15.1 Å². The Hall–Kier alpha value is -0.970. The summed E-state index contributed by atoms with van der Waals surface area (Å²) in [4.78, 5) is 4.73. The summed E-state index contributed by atoms with van der Waals surface area (Å²) >= 11 is 0. The van der Waals surface area contributed by atoms with E-state index in [4.69, 9.17) is 0 Å². The number of benzene rings is 1. The molecular weight excluding hydrogens is 265 g/mol. The van der Waals surface area contributed by atoms with Crippen molar-refractivity contribution in [3.63, 3.8) is 0 Å². The lowest BCUT2D eigenvalue weighted by Gasteiger charge is -2.45. The summed E-state index contributed by atoms with van der Waals surface area (Å²) in [5, 5.41) is 3.29. The number of nitrogens with zero attached hydrogens (tertiary/aromatic N) is 2. The molecule has 1 aliphatic heterocycles. The normalized spacial score (nSPS) is 19.9. The van der Waals surface area contributed by atoms with E-state index in [1.807, 2.05) is 12.1 Å². The van der Waals surface area contributed by atoms with E-state index in [2.05, 4.69) is 42.9 Å². The minimum Gasteiger partial charge on any atom is -0.313 e. The van der Waals surface area contributed by atoms with E-state index in [-0.39, 0.29) is 11.4 Å². The Morgan fingerprint density at radius 1 is 1.29 bits per heavy atom. The number of hydrogen-bond donors (Lipinski definition) is 1. The maximum atomic E-state index is 14.1. The molecule has 0 aromatic heterocycles. The van der Waals surface area contributed by atoms with Gasteiger partial charge in [-0.05, 0) is 39.1 Å². The van der Waals surface area contributed by atoms with E-state index in [1.54, 1.807) is 6.07 Å². The molecule has 0 unspecified atom stereocenters. The van der Waals surface area contributed by atoms with Crippen molar-refractivity contribution in [3.8, 4) is 0 Å². The van der Waals surface area contributed by atoms with Crippen molar-refractivity contribution in [2.75, 3.05) is 33.2 Å². The predicted octanol–water partition coefficient (Wildman–Crippen LogP) is 2.46. The van der Waals surface area contributed by atoms with Gasteiger partial charge in [-0.3, -0.25) is 9.80 Å². The van der Waals surface area contributed by atoms with Gasteiger partial charge < -0.3 is 5.32 Å². The Kier molecular flexibility index (Phi) is 5.36. The maximum Gasteiger partial charge on any atom is 0.127 e. The molecule has 118 valence electrons. The van der Waals surface area contributed by atoms with Crippen molar-refractivity contribution < 1.29 is 4.39 Å². The van der Waals surface area contributed by atoms with Crippen molar-refractivity contribution in [2.45, 2.75) is 39.4 Å². The number of piperazine rings is 1.